The molecule has 1 aromatic heterocycles. The molecule has 1 heterocycles. The van der Waals surface area contributed by atoms with E-state index in [1.807, 2.05) is 6.92 Å². The molecule has 110 valence electrons. The summed E-state index contributed by atoms with van der Waals surface area (Å²) in [5, 5.41) is 5.78. The number of aromatic nitrogens is 1. The standard InChI is InChI=1S/C16H18FN3O/c1-2-3-7-16(21)20-14-8-9-15(18-11-14)19-13-6-4-5-12(17)10-13/h4-6,8-11H,2-3,7H2,1H3,(H,18,19)(H,20,21). The molecule has 0 aliphatic heterocycles. The molecule has 0 spiro atoms. The van der Waals surface area contributed by atoms with Crippen LogP contribution >= 0.6 is 0 Å². The van der Waals surface area contributed by atoms with E-state index in [4.69, 9.17) is 0 Å². The summed E-state index contributed by atoms with van der Waals surface area (Å²) in [6.07, 6.45) is 3.95. The van der Waals surface area contributed by atoms with E-state index < -0.39 is 0 Å². The van der Waals surface area contributed by atoms with Crippen LogP contribution < -0.4 is 10.6 Å². The number of pyridine rings is 1. The minimum absolute atomic E-state index is 0.00973. The number of nitrogens with one attached hydrogen (secondary N) is 2. The molecular weight excluding hydrogens is 269 g/mol. The Hall–Kier alpha value is -2.43. The molecule has 0 radical (unpaired) electrons. The van der Waals surface area contributed by atoms with Gasteiger partial charge in [0.2, 0.25) is 5.91 Å². The number of amides is 1. The minimum atomic E-state index is -0.306. The van der Waals surface area contributed by atoms with Crippen LogP contribution in [0.5, 0.6) is 0 Å². The molecule has 2 rings (SSSR count). The lowest BCUT2D eigenvalue weighted by Crippen LogP contribution is -2.11. The van der Waals surface area contributed by atoms with Gasteiger partial charge in [0.25, 0.3) is 0 Å². The number of nitrogens with zero attached hydrogens (tertiary/aromatic N) is 1. The summed E-state index contributed by atoms with van der Waals surface area (Å²) in [7, 11) is 0. The van der Waals surface area contributed by atoms with Crippen LogP contribution in [-0.4, -0.2) is 10.9 Å². The summed E-state index contributed by atoms with van der Waals surface area (Å²) in [5.41, 5.74) is 1.28. The van der Waals surface area contributed by atoms with E-state index in [2.05, 4.69) is 15.6 Å². The SMILES string of the molecule is CCCCC(=O)Nc1ccc(Nc2cccc(F)c2)nc1. The molecule has 2 aromatic rings. The van der Waals surface area contributed by atoms with E-state index in [1.54, 1.807) is 30.5 Å². The highest BCUT2D eigenvalue weighted by Crippen LogP contribution is 2.17. The van der Waals surface area contributed by atoms with Gasteiger partial charge in [-0.3, -0.25) is 4.79 Å². The van der Waals surface area contributed by atoms with Gasteiger partial charge in [0.05, 0.1) is 11.9 Å². The van der Waals surface area contributed by atoms with E-state index in [0.29, 0.717) is 23.6 Å². The zero-order chi connectivity index (χ0) is 15.1. The molecule has 0 saturated heterocycles. The molecule has 0 saturated carbocycles. The fourth-order valence-electron chi connectivity index (χ4n) is 1.82. The fraction of sp³-hybridized carbons (Fsp3) is 0.250. The molecular formula is C16H18FN3O. The Morgan fingerprint density at radius 3 is 2.76 bits per heavy atom. The molecule has 0 aliphatic rings. The number of anilines is 3. The fourth-order valence-corrected chi connectivity index (χ4v) is 1.82. The maximum Gasteiger partial charge on any atom is 0.224 e. The number of carbonyl (C=O) groups is 1. The van der Waals surface area contributed by atoms with Gasteiger partial charge in [-0.05, 0) is 36.8 Å². The number of hydrogen-bond donors (Lipinski definition) is 2. The number of carbonyl (C=O) groups excluding carboxylic acids is 1. The highest BCUT2D eigenvalue weighted by Gasteiger charge is 2.02. The van der Waals surface area contributed by atoms with Crippen LogP contribution in [0.1, 0.15) is 26.2 Å². The third-order valence-electron chi connectivity index (χ3n) is 2.90. The van der Waals surface area contributed by atoms with Gasteiger partial charge in [-0.15, -0.1) is 0 Å². The molecule has 1 aromatic carbocycles. The first-order chi connectivity index (χ1) is 10.2. The van der Waals surface area contributed by atoms with Gasteiger partial charge >= 0.3 is 0 Å². The Bertz CT molecular complexity index is 599. The Labute approximate surface area is 123 Å². The lowest BCUT2D eigenvalue weighted by atomic mass is 10.2. The summed E-state index contributed by atoms with van der Waals surface area (Å²) >= 11 is 0. The Kier molecular flexibility index (Phi) is 5.26. The molecule has 2 N–H and O–H groups in total. The lowest BCUT2D eigenvalue weighted by Gasteiger charge is -2.07. The van der Waals surface area contributed by atoms with Crippen LogP contribution in [0.3, 0.4) is 0 Å². The van der Waals surface area contributed by atoms with Crippen molar-refractivity contribution in [3.8, 4) is 0 Å². The van der Waals surface area contributed by atoms with Crippen molar-refractivity contribution >= 4 is 23.1 Å². The molecule has 4 nitrogen and oxygen atoms in total. The monoisotopic (exact) mass is 287 g/mol. The van der Waals surface area contributed by atoms with Crippen LogP contribution in [0.15, 0.2) is 42.6 Å². The Morgan fingerprint density at radius 1 is 1.24 bits per heavy atom. The molecule has 5 heteroatoms. The van der Waals surface area contributed by atoms with Gasteiger partial charge in [-0.25, -0.2) is 9.37 Å². The summed E-state index contributed by atoms with van der Waals surface area (Å²) in [6, 6.07) is 9.65. The average molecular weight is 287 g/mol. The molecule has 0 bridgehead atoms. The third kappa shape index (κ3) is 4.87. The van der Waals surface area contributed by atoms with Gasteiger partial charge in [0, 0.05) is 12.1 Å². The first-order valence-electron chi connectivity index (χ1n) is 6.96. The molecule has 0 aliphatic carbocycles. The van der Waals surface area contributed by atoms with Gasteiger partial charge in [-0.1, -0.05) is 19.4 Å². The number of rotatable bonds is 6. The number of benzene rings is 1. The zero-order valence-corrected chi connectivity index (χ0v) is 11.9. The molecule has 0 unspecified atom stereocenters. The van der Waals surface area contributed by atoms with Crippen molar-refractivity contribution in [3.63, 3.8) is 0 Å². The summed E-state index contributed by atoms with van der Waals surface area (Å²) in [5.74, 6) is 0.274. The van der Waals surface area contributed by atoms with Gasteiger partial charge in [0.1, 0.15) is 11.6 Å². The maximum absolute atomic E-state index is 13.1. The first kappa shape index (κ1) is 15.0. The number of hydrogen-bond acceptors (Lipinski definition) is 3. The van der Waals surface area contributed by atoms with Crippen LogP contribution in [0, 0.1) is 5.82 Å². The van der Waals surface area contributed by atoms with Crippen molar-refractivity contribution in [1.29, 1.82) is 0 Å². The van der Waals surface area contributed by atoms with E-state index in [-0.39, 0.29) is 11.7 Å². The normalized spacial score (nSPS) is 10.2. The second kappa shape index (κ2) is 7.38. The van der Waals surface area contributed by atoms with E-state index >= 15 is 0 Å². The molecule has 0 fully saturated rings. The zero-order valence-electron chi connectivity index (χ0n) is 11.9. The second-order valence-electron chi connectivity index (χ2n) is 4.72. The highest BCUT2D eigenvalue weighted by atomic mass is 19.1. The van der Waals surface area contributed by atoms with Crippen LogP contribution in [0.25, 0.3) is 0 Å². The topological polar surface area (TPSA) is 54.0 Å². The predicted octanol–water partition coefficient (Wildman–Crippen LogP) is 4.09. The van der Waals surface area contributed by atoms with E-state index in [1.165, 1.54) is 12.1 Å². The second-order valence-corrected chi connectivity index (χ2v) is 4.72. The largest absolute Gasteiger partial charge is 0.340 e. The Balaban J connectivity index is 1.94. The van der Waals surface area contributed by atoms with Gasteiger partial charge < -0.3 is 10.6 Å². The summed E-state index contributed by atoms with van der Waals surface area (Å²) in [6.45, 7) is 2.04. The highest BCUT2D eigenvalue weighted by molar-refractivity contribution is 5.90. The van der Waals surface area contributed by atoms with Crippen molar-refractivity contribution < 1.29 is 9.18 Å². The smallest absolute Gasteiger partial charge is 0.224 e. The summed E-state index contributed by atoms with van der Waals surface area (Å²) in [4.78, 5) is 15.8. The number of halogens is 1. The van der Waals surface area contributed by atoms with Crippen LogP contribution in [-0.2, 0) is 4.79 Å². The van der Waals surface area contributed by atoms with Gasteiger partial charge in [-0.2, -0.15) is 0 Å². The predicted molar refractivity (Wildman–Crippen MR) is 82.1 cm³/mol. The Morgan fingerprint density at radius 2 is 2.10 bits per heavy atom. The van der Waals surface area contributed by atoms with Crippen molar-refractivity contribution in [3.05, 3.63) is 48.4 Å². The quantitative estimate of drug-likeness (QED) is 0.841. The van der Waals surface area contributed by atoms with E-state index in [0.717, 1.165) is 12.8 Å². The van der Waals surface area contributed by atoms with Crippen LogP contribution in [0.2, 0.25) is 0 Å². The molecule has 21 heavy (non-hydrogen) atoms. The lowest BCUT2D eigenvalue weighted by molar-refractivity contribution is -0.116. The molecule has 1 amide bonds. The van der Waals surface area contributed by atoms with Crippen LogP contribution in [0.4, 0.5) is 21.6 Å². The first-order valence-corrected chi connectivity index (χ1v) is 6.96. The van der Waals surface area contributed by atoms with Crippen molar-refractivity contribution in [2.24, 2.45) is 0 Å². The third-order valence-corrected chi connectivity index (χ3v) is 2.90. The minimum Gasteiger partial charge on any atom is -0.340 e. The van der Waals surface area contributed by atoms with Gasteiger partial charge in [0.15, 0.2) is 0 Å². The summed E-state index contributed by atoms with van der Waals surface area (Å²) < 4.78 is 13.1. The van der Waals surface area contributed by atoms with E-state index in [9.17, 15) is 9.18 Å². The van der Waals surface area contributed by atoms with Crippen molar-refractivity contribution in [1.82, 2.24) is 4.98 Å². The maximum atomic E-state index is 13.1. The van der Waals surface area contributed by atoms with Crippen molar-refractivity contribution in [2.45, 2.75) is 26.2 Å². The average Bonchev–Trinajstić information content (AvgIpc) is 2.47. The van der Waals surface area contributed by atoms with Crippen molar-refractivity contribution in [2.75, 3.05) is 10.6 Å². The number of unbranched alkanes of at least 4 members (excludes halogenated alkanes) is 1. The molecule has 0 atom stereocenters.